The molecule has 3 heterocycles. The van der Waals surface area contributed by atoms with Gasteiger partial charge < -0.3 is 9.26 Å². The summed E-state index contributed by atoms with van der Waals surface area (Å²) in [5, 5.41) is 8.00. The highest BCUT2D eigenvalue weighted by Crippen LogP contribution is 2.23. The van der Waals surface area contributed by atoms with E-state index < -0.39 is 12.0 Å². The number of aryl methyl sites for hydroxylation is 2. The van der Waals surface area contributed by atoms with Gasteiger partial charge in [-0.05, 0) is 13.8 Å². The molecule has 0 aromatic carbocycles. The molecule has 0 amide bonds. The van der Waals surface area contributed by atoms with Gasteiger partial charge in [0.2, 0.25) is 6.04 Å². The predicted molar refractivity (Wildman–Crippen MR) is 70.6 cm³/mol. The van der Waals surface area contributed by atoms with Crippen molar-refractivity contribution in [3.05, 3.63) is 35.7 Å². The molecule has 108 valence electrons. The minimum Gasteiger partial charge on any atom is -0.467 e. The van der Waals surface area contributed by atoms with E-state index in [1.165, 1.54) is 11.8 Å². The Kier molecular flexibility index (Phi) is 3.13. The van der Waals surface area contributed by atoms with Gasteiger partial charge in [0.05, 0.1) is 25.2 Å². The molecule has 8 heteroatoms. The monoisotopic (exact) mass is 287 g/mol. The highest BCUT2D eigenvalue weighted by atomic mass is 16.5. The Bertz CT molecular complexity index is 763. The number of esters is 1. The van der Waals surface area contributed by atoms with Crippen LogP contribution in [0.2, 0.25) is 0 Å². The summed E-state index contributed by atoms with van der Waals surface area (Å²) in [5.74, 6) is 0.501. The van der Waals surface area contributed by atoms with Gasteiger partial charge in [-0.2, -0.15) is 5.10 Å². The molecule has 0 fully saturated rings. The second-order valence-corrected chi connectivity index (χ2v) is 4.59. The Morgan fingerprint density at radius 2 is 2.10 bits per heavy atom. The third-order valence-corrected chi connectivity index (χ3v) is 3.00. The van der Waals surface area contributed by atoms with Crippen LogP contribution < -0.4 is 0 Å². The van der Waals surface area contributed by atoms with E-state index in [2.05, 4.69) is 20.2 Å². The Hall–Kier alpha value is -2.77. The number of fused-ring (bicyclic) bond motifs is 1. The summed E-state index contributed by atoms with van der Waals surface area (Å²) in [6.45, 7) is 3.57. The van der Waals surface area contributed by atoms with Crippen LogP contribution in [0.15, 0.2) is 23.0 Å². The van der Waals surface area contributed by atoms with Gasteiger partial charge in [0.1, 0.15) is 17.2 Å². The lowest BCUT2D eigenvalue weighted by Gasteiger charge is -2.14. The molecule has 8 nitrogen and oxygen atoms in total. The van der Waals surface area contributed by atoms with Gasteiger partial charge in [-0.3, -0.25) is 0 Å². The summed E-state index contributed by atoms with van der Waals surface area (Å²) >= 11 is 0. The first kappa shape index (κ1) is 13.2. The third kappa shape index (κ3) is 2.35. The summed E-state index contributed by atoms with van der Waals surface area (Å²) in [7, 11) is 1.31. The van der Waals surface area contributed by atoms with Gasteiger partial charge in [0.25, 0.3) is 0 Å². The smallest absolute Gasteiger partial charge is 0.338 e. The number of ether oxygens (including phenoxy) is 1. The fourth-order valence-electron chi connectivity index (χ4n) is 2.08. The van der Waals surface area contributed by atoms with Crippen molar-refractivity contribution in [3.63, 3.8) is 0 Å². The maximum absolute atomic E-state index is 12.1. The van der Waals surface area contributed by atoms with Gasteiger partial charge in [-0.15, -0.1) is 0 Å². The predicted octanol–water partition coefficient (Wildman–Crippen LogP) is 1.15. The third-order valence-electron chi connectivity index (χ3n) is 3.00. The van der Waals surface area contributed by atoms with Crippen molar-refractivity contribution >= 4 is 5.97 Å². The van der Waals surface area contributed by atoms with E-state index in [-0.39, 0.29) is 0 Å². The lowest BCUT2D eigenvalue weighted by molar-refractivity contribution is -0.144. The van der Waals surface area contributed by atoms with E-state index in [0.29, 0.717) is 28.7 Å². The largest absolute Gasteiger partial charge is 0.467 e. The zero-order chi connectivity index (χ0) is 15.0. The molecular weight excluding hydrogens is 274 g/mol. The molecule has 0 aliphatic carbocycles. The minimum atomic E-state index is -0.849. The van der Waals surface area contributed by atoms with Crippen LogP contribution in [0.4, 0.5) is 0 Å². The normalized spacial score (nSPS) is 12.5. The number of carbonyl (C=O) groups excluding carboxylic acids is 1. The summed E-state index contributed by atoms with van der Waals surface area (Å²) < 4.78 is 11.4. The van der Waals surface area contributed by atoms with Crippen LogP contribution in [-0.2, 0) is 9.53 Å². The Morgan fingerprint density at radius 1 is 1.33 bits per heavy atom. The summed E-state index contributed by atoms with van der Waals surface area (Å²) in [5.41, 5.74) is 1.98. The number of rotatable bonds is 3. The van der Waals surface area contributed by atoms with Crippen molar-refractivity contribution in [1.82, 2.24) is 24.9 Å². The molecule has 0 bridgehead atoms. The molecule has 1 atom stereocenters. The first-order chi connectivity index (χ1) is 10.1. The highest BCUT2D eigenvalue weighted by Gasteiger charge is 2.29. The fraction of sp³-hybridized carbons (Fsp3) is 0.308. The highest BCUT2D eigenvalue weighted by molar-refractivity contribution is 5.77. The second-order valence-electron chi connectivity index (χ2n) is 4.59. The Balaban J connectivity index is 2.10. The lowest BCUT2D eigenvalue weighted by atomic mass is 10.2. The van der Waals surface area contributed by atoms with Crippen molar-refractivity contribution in [2.24, 2.45) is 0 Å². The van der Waals surface area contributed by atoms with Gasteiger partial charge >= 0.3 is 5.97 Å². The number of aromatic nitrogens is 5. The van der Waals surface area contributed by atoms with Crippen molar-refractivity contribution in [3.8, 4) is 11.4 Å². The molecule has 0 saturated heterocycles. The molecule has 2 aliphatic heterocycles. The van der Waals surface area contributed by atoms with E-state index in [4.69, 9.17) is 9.26 Å². The second kappa shape index (κ2) is 4.97. The topological polar surface area (TPSA) is 95.9 Å². The zero-order valence-corrected chi connectivity index (χ0v) is 11.8. The van der Waals surface area contributed by atoms with Crippen LogP contribution in [0.1, 0.15) is 23.3 Å². The van der Waals surface area contributed by atoms with Crippen molar-refractivity contribution in [2.45, 2.75) is 19.9 Å². The van der Waals surface area contributed by atoms with E-state index in [9.17, 15) is 4.79 Å². The average Bonchev–Trinajstić information content (AvgIpc) is 3.03. The number of carbonyl (C=O) groups is 1. The summed E-state index contributed by atoms with van der Waals surface area (Å²) in [4.78, 5) is 20.5. The standard InChI is InChI=1S/C13H13N5O3/c1-7-4-11(21-17-7)12(13(19)20-3)18-6-10-9(5-14-18)15-8(2)16-10/h4-6,12H,1-3H3. The van der Waals surface area contributed by atoms with Gasteiger partial charge in [-0.25, -0.2) is 19.4 Å². The Labute approximate surface area is 120 Å². The van der Waals surface area contributed by atoms with Crippen LogP contribution in [-0.4, -0.2) is 38.0 Å². The van der Waals surface area contributed by atoms with E-state index in [1.54, 1.807) is 32.3 Å². The van der Waals surface area contributed by atoms with Crippen LogP contribution >= 0.6 is 0 Å². The zero-order valence-electron chi connectivity index (χ0n) is 11.8. The van der Waals surface area contributed by atoms with Gasteiger partial charge in [0, 0.05) is 6.07 Å². The maximum atomic E-state index is 12.1. The molecule has 0 N–H and O–H groups in total. The van der Waals surface area contributed by atoms with E-state index in [0.717, 1.165) is 0 Å². The van der Waals surface area contributed by atoms with Gasteiger partial charge in [-0.1, -0.05) is 5.16 Å². The van der Waals surface area contributed by atoms with Crippen molar-refractivity contribution in [2.75, 3.05) is 7.11 Å². The molecule has 1 aromatic rings. The van der Waals surface area contributed by atoms with E-state index in [1.807, 2.05) is 0 Å². The van der Waals surface area contributed by atoms with E-state index >= 15 is 0 Å². The SMILES string of the molecule is COC(=O)C(c1cc(C)no1)n1cc2nc(C)nc-2cn1. The summed E-state index contributed by atoms with van der Waals surface area (Å²) in [6, 6.07) is 0.820. The van der Waals surface area contributed by atoms with Crippen LogP contribution in [0.5, 0.6) is 0 Å². The molecule has 3 rings (SSSR count). The Morgan fingerprint density at radius 3 is 2.76 bits per heavy atom. The molecule has 1 aromatic heterocycles. The van der Waals surface area contributed by atoms with Crippen LogP contribution in [0.3, 0.4) is 0 Å². The van der Waals surface area contributed by atoms with Crippen molar-refractivity contribution in [1.29, 1.82) is 0 Å². The number of methoxy groups -OCH3 is 1. The fourth-order valence-corrected chi connectivity index (χ4v) is 2.08. The molecule has 21 heavy (non-hydrogen) atoms. The molecule has 0 saturated carbocycles. The van der Waals surface area contributed by atoms with Crippen molar-refractivity contribution < 1.29 is 14.1 Å². The lowest BCUT2D eigenvalue weighted by Crippen LogP contribution is -2.23. The molecule has 0 spiro atoms. The minimum absolute atomic E-state index is 0.354. The van der Waals surface area contributed by atoms with Gasteiger partial charge in [0.15, 0.2) is 5.76 Å². The first-order valence-corrected chi connectivity index (χ1v) is 6.28. The number of hydrogen-bond acceptors (Lipinski definition) is 7. The quantitative estimate of drug-likeness (QED) is 0.666. The average molecular weight is 287 g/mol. The molecular formula is C13H13N5O3. The molecule has 2 aliphatic rings. The molecule has 0 radical (unpaired) electrons. The number of imidazole rings is 1. The van der Waals surface area contributed by atoms with Crippen LogP contribution in [0, 0.1) is 13.8 Å². The number of nitrogens with zero attached hydrogens (tertiary/aromatic N) is 5. The van der Waals surface area contributed by atoms with Crippen LogP contribution in [0.25, 0.3) is 11.4 Å². The maximum Gasteiger partial charge on any atom is 0.338 e. The summed E-state index contributed by atoms with van der Waals surface area (Å²) in [6.07, 6.45) is 3.18. The number of hydrogen-bond donors (Lipinski definition) is 0. The first-order valence-electron chi connectivity index (χ1n) is 6.28. The molecule has 1 unspecified atom stereocenters.